The molecular weight excluding hydrogens is 200 g/mol. The van der Waals surface area contributed by atoms with Gasteiger partial charge in [-0.05, 0) is 25.8 Å². The van der Waals surface area contributed by atoms with Crippen molar-refractivity contribution in [3.05, 3.63) is 35.4 Å². The van der Waals surface area contributed by atoms with Crippen molar-refractivity contribution in [2.24, 2.45) is 0 Å². The lowest BCUT2D eigenvalue weighted by Gasteiger charge is -2.40. The third kappa shape index (κ3) is 3.06. The van der Waals surface area contributed by atoms with Crippen LogP contribution in [-0.4, -0.2) is 23.4 Å². The van der Waals surface area contributed by atoms with Gasteiger partial charge in [0, 0.05) is 12.8 Å². The van der Waals surface area contributed by atoms with Crippen LogP contribution in [0.25, 0.3) is 0 Å². The van der Waals surface area contributed by atoms with E-state index in [0.717, 1.165) is 25.9 Å². The normalized spacial score (nSPS) is 28.8. The molecule has 0 radical (unpaired) electrons. The molecule has 0 aliphatic heterocycles. The Morgan fingerprint density at radius 1 is 1.31 bits per heavy atom. The molecule has 1 aromatic carbocycles. The number of aryl methyl sites for hydroxylation is 1. The summed E-state index contributed by atoms with van der Waals surface area (Å²) in [5.41, 5.74) is 2.13. The summed E-state index contributed by atoms with van der Waals surface area (Å²) in [7, 11) is 0. The molecule has 0 bridgehead atoms. The largest absolute Gasteiger partial charge is 0.390 e. The van der Waals surface area contributed by atoms with Crippen LogP contribution < -0.4 is 0 Å². The summed E-state index contributed by atoms with van der Waals surface area (Å²) < 4.78 is 5.69. The fraction of sp³-hybridized carbons (Fsp3) is 0.571. The van der Waals surface area contributed by atoms with Crippen molar-refractivity contribution in [2.75, 3.05) is 6.61 Å². The summed E-state index contributed by atoms with van der Waals surface area (Å²) in [6.07, 6.45) is 2.78. The molecule has 0 amide bonds. The molecule has 1 aliphatic rings. The van der Waals surface area contributed by atoms with Crippen molar-refractivity contribution in [2.45, 2.75) is 44.8 Å². The number of hydrogen-bond acceptors (Lipinski definition) is 2. The van der Waals surface area contributed by atoms with Gasteiger partial charge >= 0.3 is 0 Å². The Balaban J connectivity index is 1.67. The van der Waals surface area contributed by atoms with E-state index in [1.54, 1.807) is 0 Å². The van der Waals surface area contributed by atoms with Gasteiger partial charge in [-0.2, -0.15) is 0 Å². The zero-order valence-electron chi connectivity index (χ0n) is 10.1. The minimum Gasteiger partial charge on any atom is -0.390 e. The van der Waals surface area contributed by atoms with E-state index in [-0.39, 0.29) is 6.10 Å². The topological polar surface area (TPSA) is 29.5 Å². The summed E-state index contributed by atoms with van der Waals surface area (Å²) in [6, 6.07) is 8.55. The molecule has 1 aromatic rings. The van der Waals surface area contributed by atoms with Gasteiger partial charge in [0.05, 0.1) is 18.3 Å². The molecule has 1 N–H and O–H groups in total. The van der Waals surface area contributed by atoms with Crippen molar-refractivity contribution < 1.29 is 9.84 Å². The predicted molar refractivity (Wildman–Crippen MR) is 64.5 cm³/mol. The first-order valence-electron chi connectivity index (χ1n) is 5.95. The first kappa shape index (κ1) is 11.6. The van der Waals surface area contributed by atoms with Crippen LogP contribution in [0.15, 0.2) is 24.3 Å². The lowest BCUT2D eigenvalue weighted by molar-refractivity contribution is -0.128. The Morgan fingerprint density at radius 2 is 1.94 bits per heavy atom. The Morgan fingerprint density at radius 3 is 2.50 bits per heavy atom. The molecule has 1 saturated carbocycles. The lowest BCUT2D eigenvalue weighted by Crippen LogP contribution is -2.45. The van der Waals surface area contributed by atoms with Crippen molar-refractivity contribution >= 4 is 0 Å². The number of benzene rings is 1. The number of hydrogen-bond donors (Lipinski definition) is 1. The molecule has 16 heavy (non-hydrogen) atoms. The van der Waals surface area contributed by atoms with Gasteiger partial charge in [-0.1, -0.05) is 29.8 Å². The van der Waals surface area contributed by atoms with Crippen LogP contribution >= 0.6 is 0 Å². The molecule has 0 unspecified atom stereocenters. The molecule has 0 saturated heterocycles. The van der Waals surface area contributed by atoms with Gasteiger partial charge in [-0.15, -0.1) is 0 Å². The number of rotatable bonds is 4. The summed E-state index contributed by atoms with van der Waals surface area (Å²) >= 11 is 0. The van der Waals surface area contributed by atoms with Gasteiger partial charge in [-0.25, -0.2) is 0 Å². The fourth-order valence-corrected chi connectivity index (χ4v) is 2.14. The van der Waals surface area contributed by atoms with Gasteiger partial charge < -0.3 is 9.84 Å². The maximum atomic E-state index is 9.55. The Kier molecular flexibility index (Phi) is 3.31. The second-order valence-corrected chi connectivity index (χ2v) is 5.13. The summed E-state index contributed by atoms with van der Waals surface area (Å²) in [5, 5.41) is 9.55. The Labute approximate surface area is 97.3 Å². The van der Waals surface area contributed by atoms with Crippen LogP contribution in [-0.2, 0) is 11.2 Å². The van der Waals surface area contributed by atoms with E-state index in [9.17, 15) is 5.11 Å². The first-order chi connectivity index (χ1) is 7.55. The van der Waals surface area contributed by atoms with Gasteiger partial charge in [-0.3, -0.25) is 0 Å². The Hall–Kier alpha value is -0.860. The minimum absolute atomic E-state index is 0.264. The average molecular weight is 220 g/mol. The highest BCUT2D eigenvalue weighted by atomic mass is 16.5. The predicted octanol–water partition coefficient (Wildman–Crippen LogP) is 2.47. The maximum Gasteiger partial charge on any atom is 0.0669 e. The molecule has 2 rings (SSSR count). The van der Waals surface area contributed by atoms with Crippen LogP contribution in [0.2, 0.25) is 0 Å². The summed E-state index contributed by atoms with van der Waals surface area (Å²) in [4.78, 5) is 0. The molecule has 0 heterocycles. The third-order valence-electron chi connectivity index (χ3n) is 3.20. The zero-order chi connectivity index (χ0) is 11.6. The molecule has 1 aliphatic carbocycles. The standard InChI is InChI=1S/C14H20O2/c1-11-3-5-12(6-4-11)7-8-16-13-9-14(2,15)10-13/h3-6,13,15H,7-10H2,1-2H3. The molecule has 2 nitrogen and oxygen atoms in total. The smallest absolute Gasteiger partial charge is 0.0669 e. The molecule has 88 valence electrons. The SMILES string of the molecule is Cc1ccc(CCOC2CC(C)(O)C2)cc1. The van der Waals surface area contributed by atoms with E-state index >= 15 is 0 Å². The van der Waals surface area contributed by atoms with E-state index in [2.05, 4.69) is 31.2 Å². The number of aliphatic hydroxyl groups is 1. The second kappa shape index (κ2) is 4.56. The second-order valence-electron chi connectivity index (χ2n) is 5.13. The van der Waals surface area contributed by atoms with E-state index in [0.29, 0.717) is 0 Å². The lowest BCUT2D eigenvalue weighted by atomic mass is 9.79. The van der Waals surface area contributed by atoms with Gasteiger partial charge in [0.1, 0.15) is 0 Å². The van der Waals surface area contributed by atoms with E-state index in [4.69, 9.17) is 4.74 Å². The molecule has 0 spiro atoms. The molecular formula is C14H20O2. The molecule has 1 fully saturated rings. The van der Waals surface area contributed by atoms with Crippen LogP contribution in [0.3, 0.4) is 0 Å². The van der Waals surface area contributed by atoms with Crippen LogP contribution in [0.5, 0.6) is 0 Å². The molecule has 2 heteroatoms. The van der Waals surface area contributed by atoms with E-state index in [1.807, 2.05) is 6.92 Å². The number of ether oxygens (including phenoxy) is 1. The van der Waals surface area contributed by atoms with Gasteiger partial charge in [0.2, 0.25) is 0 Å². The van der Waals surface area contributed by atoms with Crippen LogP contribution in [0.4, 0.5) is 0 Å². The average Bonchev–Trinajstić information content (AvgIpc) is 2.18. The van der Waals surface area contributed by atoms with Crippen LogP contribution in [0, 0.1) is 6.92 Å². The minimum atomic E-state index is -0.478. The zero-order valence-corrected chi connectivity index (χ0v) is 10.1. The highest BCUT2D eigenvalue weighted by Crippen LogP contribution is 2.33. The summed E-state index contributed by atoms with van der Waals surface area (Å²) in [6.45, 7) is 4.72. The fourth-order valence-electron chi connectivity index (χ4n) is 2.14. The highest BCUT2D eigenvalue weighted by Gasteiger charge is 2.38. The quantitative estimate of drug-likeness (QED) is 0.844. The summed E-state index contributed by atoms with van der Waals surface area (Å²) in [5.74, 6) is 0. The van der Waals surface area contributed by atoms with E-state index < -0.39 is 5.60 Å². The van der Waals surface area contributed by atoms with Crippen molar-refractivity contribution in [1.29, 1.82) is 0 Å². The monoisotopic (exact) mass is 220 g/mol. The van der Waals surface area contributed by atoms with Crippen molar-refractivity contribution in [3.63, 3.8) is 0 Å². The third-order valence-corrected chi connectivity index (χ3v) is 3.20. The first-order valence-corrected chi connectivity index (χ1v) is 5.95. The van der Waals surface area contributed by atoms with Gasteiger partial charge in [0.25, 0.3) is 0 Å². The van der Waals surface area contributed by atoms with Crippen LogP contribution in [0.1, 0.15) is 30.9 Å². The molecule has 0 aromatic heterocycles. The molecule has 0 atom stereocenters. The van der Waals surface area contributed by atoms with E-state index in [1.165, 1.54) is 11.1 Å². The highest BCUT2D eigenvalue weighted by molar-refractivity contribution is 5.21. The maximum absolute atomic E-state index is 9.55. The Bertz CT molecular complexity index is 332. The van der Waals surface area contributed by atoms with Crippen molar-refractivity contribution in [1.82, 2.24) is 0 Å². The van der Waals surface area contributed by atoms with Crippen molar-refractivity contribution in [3.8, 4) is 0 Å². The van der Waals surface area contributed by atoms with Gasteiger partial charge in [0.15, 0.2) is 0 Å².